The highest BCUT2D eigenvalue weighted by molar-refractivity contribution is 6.64. The fourth-order valence-electron chi connectivity index (χ4n) is 2.36. The summed E-state index contributed by atoms with van der Waals surface area (Å²) in [6, 6.07) is 9.82. The first-order valence-electron chi connectivity index (χ1n) is 5.87. The molecular weight excluding hydrogens is 227 g/mol. The van der Waals surface area contributed by atoms with Crippen LogP contribution in [0, 0.1) is 0 Å². The third-order valence-corrected chi connectivity index (χ3v) is 3.23. The van der Waals surface area contributed by atoms with Crippen LogP contribution in [-0.4, -0.2) is 35.0 Å². The van der Waals surface area contributed by atoms with Crippen LogP contribution in [0.25, 0.3) is 10.9 Å². The minimum atomic E-state index is -0.595. The van der Waals surface area contributed by atoms with Gasteiger partial charge in [-0.25, -0.2) is 0 Å². The van der Waals surface area contributed by atoms with E-state index in [1.807, 2.05) is 30.3 Å². The molecule has 5 heteroatoms. The van der Waals surface area contributed by atoms with E-state index < -0.39 is 6.10 Å². The SMILES string of the molecule is O=C[B]N1Cc2nc3ccccc3cc2C(O)C1. The van der Waals surface area contributed by atoms with Gasteiger partial charge < -0.3 is 14.7 Å². The molecule has 1 aromatic heterocycles. The Kier molecular flexibility index (Phi) is 2.85. The lowest BCUT2D eigenvalue weighted by Gasteiger charge is -2.30. The fraction of sp³-hybridized carbons (Fsp3) is 0.231. The Morgan fingerprint density at radius 1 is 1.44 bits per heavy atom. The summed E-state index contributed by atoms with van der Waals surface area (Å²) in [7, 11) is 1.45. The van der Waals surface area contributed by atoms with Gasteiger partial charge in [0, 0.05) is 24.0 Å². The first-order valence-corrected chi connectivity index (χ1v) is 5.87. The van der Waals surface area contributed by atoms with Crippen molar-refractivity contribution in [3.8, 4) is 0 Å². The highest BCUT2D eigenvalue weighted by Gasteiger charge is 2.25. The van der Waals surface area contributed by atoms with Crippen molar-refractivity contribution in [2.24, 2.45) is 0 Å². The number of pyridine rings is 1. The predicted octanol–water partition coefficient (Wildman–Crippen LogP) is 0.893. The third-order valence-electron chi connectivity index (χ3n) is 3.23. The van der Waals surface area contributed by atoms with Crippen molar-refractivity contribution < 1.29 is 9.90 Å². The Labute approximate surface area is 106 Å². The molecule has 0 spiro atoms. The van der Waals surface area contributed by atoms with Crippen molar-refractivity contribution in [1.82, 2.24) is 9.79 Å². The lowest BCUT2D eigenvalue weighted by atomic mass is 9.88. The second-order valence-electron chi connectivity index (χ2n) is 4.45. The number of β-amino-alcohol motifs (C(OH)–C–C–N with tert-alkyl or cyclic N) is 1. The van der Waals surface area contributed by atoms with Crippen LogP contribution >= 0.6 is 0 Å². The van der Waals surface area contributed by atoms with Crippen LogP contribution in [0.4, 0.5) is 0 Å². The second kappa shape index (κ2) is 4.51. The van der Waals surface area contributed by atoms with E-state index >= 15 is 0 Å². The van der Waals surface area contributed by atoms with Gasteiger partial charge in [0.2, 0.25) is 0 Å². The number of nitrogens with zero attached hydrogens (tertiary/aromatic N) is 2. The molecule has 1 atom stereocenters. The number of hydrogen-bond acceptors (Lipinski definition) is 4. The number of carbonyl (C=O) groups is 1. The first kappa shape index (κ1) is 11.4. The minimum absolute atomic E-state index is 0.436. The number of hydrogen-bond donors (Lipinski definition) is 1. The van der Waals surface area contributed by atoms with Crippen LogP contribution in [0.3, 0.4) is 0 Å². The standard InChI is InChI=1S/C13H12BN2O2/c17-8-14-16-6-12-10(13(18)7-16)5-9-3-1-2-4-11(9)15-12/h1-5,8,13,18H,6-7H2. The van der Waals surface area contributed by atoms with E-state index in [0.717, 1.165) is 28.3 Å². The molecule has 89 valence electrons. The number of aromatic nitrogens is 1. The molecule has 1 aliphatic rings. The maximum absolute atomic E-state index is 10.5. The summed E-state index contributed by atoms with van der Waals surface area (Å²) in [5.41, 5.74) is 2.62. The quantitative estimate of drug-likeness (QED) is 0.624. The molecule has 4 nitrogen and oxygen atoms in total. The highest BCUT2D eigenvalue weighted by Crippen LogP contribution is 2.27. The lowest BCUT2D eigenvalue weighted by molar-refractivity contribution is 0.131. The van der Waals surface area contributed by atoms with Crippen molar-refractivity contribution in [2.45, 2.75) is 12.6 Å². The lowest BCUT2D eigenvalue weighted by Crippen LogP contribution is -2.37. The molecule has 2 heterocycles. The van der Waals surface area contributed by atoms with Gasteiger partial charge in [0.25, 0.3) is 7.41 Å². The molecule has 0 bridgehead atoms. The molecule has 1 aliphatic heterocycles. The molecule has 1 N–H and O–H groups in total. The van der Waals surface area contributed by atoms with Crippen LogP contribution in [0.2, 0.25) is 0 Å². The summed E-state index contributed by atoms with van der Waals surface area (Å²) >= 11 is 0. The van der Waals surface area contributed by atoms with E-state index in [9.17, 15) is 9.90 Å². The van der Waals surface area contributed by atoms with Crippen molar-refractivity contribution in [3.63, 3.8) is 0 Å². The molecule has 0 fully saturated rings. The average molecular weight is 239 g/mol. The highest BCUT2D eigenvalue weighted by atomic mass is 16.3. The van der Waals surface area contributed by atoms with Crippen LogP contribution in [0.1, 0.15) is 17.4 Å². The summed E-state index contributed by atoms with van der Waals surface area (Å²) in [5.74, 6) is 0. The number of rotatable bonds is 2. The van der Waals surface area contributed by atoms with Crippen molar-refractivity contribution in [1.29, 1.82) is 0 Å². The summed E-state index contributed by atoms with van der Waals surface area (Å²) in [6.45, 7) is 1.00. The number of fused-ring (bicyclic) bond motifs is 2. The van der Waals surface area contributed by atoms with E-state index in [4.69, 9.17) is 0 Å². The zero-order chi connectivity index (χ0) is 12.5. The average Bonchev–Trinajstić information content (AvgIpc) is 2.37. The molecule has 0 aliphatic carbocycles. The summed E-state index contributed by atoms with van der Waals surface area (Å²) < 4.78 is 0. The number of carbonyl (C=O) groups excluding carboxylic acids is 1. The van der Waals surface area contributed by atoms with Gasteiger partial charge >= 0.3 is 0 Å². The van der Waals surface area contributed by atoms with Gasteiger partial charge in [0.05, 0.1) is 23.5 Å². The zero-order valence-electron chi connectivity index (χ0n) is 9.78. The van der Waals surface area contributed by atoms with Crippen molar-refractivity contribution >= 4 is 24.5 Å². The normalized spacial score (nSPS) is 19.5. The third kappa shape index (κ3) is 1.91. The summed E-state index contributed by atoms with van der Waals surface area (Å²) in [4.78, 5) is 16.8. The first-order chi connectivity index (χ1) is 8.78. The number of benzene rings is 1. The van der Waals surface area contributed by atoms with E-state index in [1.165, 1.54) is 7.41 Å². The van der Waals surface area contributed by atoms with Gasteiger partial charge in [-0.1, -0.05) is 18.2 Å². The second-order valence-corrected chi connectivity index (χ2v) is 4.45. The maximum Gasteiger partial charge on any atom is 0.293 e. The van der Waals surface area contributed by atoms with E-state index in [-0.39, 0.29) is 0 Å². The molecule has 0 amide bonds. The summed E-state index contributed by atoms with van der Waals surface area (Å²) in [6.07, 6.45) is 0.140. The number of para-hydroxylation sites is 1. The van der Waals surface area contributed by atoms with Crippen molar-refractivity contribution in [3.05, 3.63) is 41.6 Å². The molecular formula is C13H12BN2O2. The Morgan fingerprint density at radius 2 is 2.28 bits per heavy atom. The van der Waals surface area contributed by atoms with Gasteiger partial charge in [-0.3, -0.25) is 4.98 Å². The Balaban J connectivity index is 2.07. The Morgan fingerprint density at radius 3 is 3.11 bits per heavy atom. The fourth-order valence-corrected chi connectivity index (χ4v) is 2.36. The van der Waals surface area contributed by atoms with E-state index in [0.29, 0.717) is 13.1 Å². The topological polar surface area (TPSA) is 53.4 Å². The number of aliphatic hydroxyl groups is 1. The van der Waals surface area contributed by atoms with Gasteiger partial charge in [-0.2, -0.15) is 0 Å². The van der Waals surface area contributed by atoms with Gasteiger partial charge in [0.15, 0.2) is 0 Å². The Bertz CT molecular complexity index is 603. The molecule has 1 aromatic carbocycles. The number of aliphatic hydroxyl groups excluding tert-OH is 1. The smallest absolute Gasteiger partial charge is 0.293 e. The van der Waals surface area contributed by atoms with Gasteiger partial charge in [-0.05, 0) is 12.1 Å². The van der Waals surface area contributed by atoms with Gasteiger partial charge in [0.1, 0.15) is 0 Å². The van der Waals surface area contributed by atoms with E-state index in [1.54, 1.807) is 4.81 Å². The predicted molar refractivity (Wildman–Crippen MR) is 69.6 cm³/mol. The van der Waals surface area contributed by atoms with Crippen LogP contribution < -0.4 is 0 Å². The van der Waals surface area contributed by atoms with Gasteiger partial charge in [-0.15, -0.1) is 0 Å². The van der Waals surface area contributed by atoms with Crippen LogP contribution in [-0.2, 0) is 11.3 Å². The molecule has 18 heavy (non-hydrogen) atoms. The van der Waals surface area contributed by atoms with Crippen LogP contribution in [0.5, 0.6) is 0 Å². The minimum Gasteiger partial charge on any atom is -0.387 e. The zero-order valence-corrected chi connectivity index (χ0v) is 9.78. The van der Waals surface area contributed by atoms with Crippen molar-refractivity contribution in [2.75, 3.05) is 6.54 Å². The monoisotopic (exact) mass is 239 g/mol. The van der Waals surface area contributed by atoms with Crippen LogP contribution in [0.15, 0.2) is 30.3 Å². The Hall–Kier alpha value is -1.72. The molecule has 0 saturated heterocycles. The van der Waals surface area contributed by atoms with E-state index in [2.05, 4.69) is 4.98 Å². The molecule has 2 aromatic rings. The molecule has 3 rings (SSSR count). The maximum atomic E-state index is 10.5. The molecule has 1 radical (unpaired) electrons. The largest absolute Gasteiger partial charge is 0.387 e. The molecule has 1 unspecified atom stereocenters. The molecule has 0 saturated carbocycles. The summed E-state index contributed by atoms with van der Waals surface area (Å²) in [5, 5.41) is 11.1.